The van der Waals surface area contributed by atoms with E-state index in [0.717, 1.165) is 5.69 Å². The van der Waals surface area contributed by atoms with Gasteiger partial charge in [-0.05, 0) is 25.0 Å². The normalized spacial score (nSPS) is 21.8. The topological polar surface area (TPSA) is 97.5 Å². The lowest BCUT2D eigenvalue weighted by molar-refractivity contribution is -0.146. The van der Waals surface area contributed by atoms with Crippen LogP contribution in [0.3, 0.4) is 0 Å². The average molecular weight is 356 g/mol. The second-order valence-electron chi connectivity index (χ2n) is 6.92. The van der Waals surface area contributed by atoms with Crippen molar-refractivity contribution in [1.29, 1.82) is 0 Å². The van der Waals surface area contributed by atoms with Crippen LogP contribution in [-0.4, -0.2) is 63.2 Å². The third-order valence-corrected chi connectivity index (χ3v) is 5.49. The molecule has 8 heteroatoms. The first-order chi connectivity index (χ1) is 12.6. The van der Waals surface area contributed by atoms with Crippen molar-refractivity contribution in [1.82, 2.24) is 19.9 Å². The van der Waals surface area contributed by atoms with E-state index in [1.54, 1.807) is 4.90 Å². The van der Waals surface area contributed by atoms with Gasteiger partial charge < -0.3 is 14.7 Å². The summed E-state index contributed by atoms with van der Waals surface area (Å²) in [5.74, 6) is -1.67. The minimum Gasteiger partial charge on any atom is -0.481 e. The third kappa shape index (κ3) is 2.76. The van der Waals surface area contributed by atoms with Crippen LogP contribution in [0.5, 0.6) is 0 Å². The van der Waals surface area contributed by atoms with Gasteiger partial charge in [-0.3, -0.25) is 9.59 Å². The maximum Gasteiger partial charge on any atom is 0.308 e. The lowest BCUT2D eigenvalue weighted by Crippen LogP contribution is -2.40. The summed E-state index contributed by atoms with van der Waals surface area (Å²) < 4.78 is 6.90. The molecule has 136 valence electrons. The zero-order valence-corrected chi connectivity index (χ0v) is 14.2. The zero-order chi connectivity index (χ0) is 18.1. The fourth-order valence-electron chi connectivity index (χ4n) is 4.05. The third-order valence-electron chi connectivity index (χ3n) is 5.49. The van der Waals surface area contributed by atoms with Gasteiger partial charge in [0.05, 0.1) is 17.8 Å². The number of carbonyl (C=O) groups is 2. The fraction of sp³-hybridized carbons (Fsp3) is 0.444. The SMILES string of the molecule is O=C(O)C1CN(C(=O)c2cnnn2-c2ccccc2)CC12CCOCC2. The Labute approximate surface area is 150 Å². The average Bonchev–Trinajstić information content (AvgIpc) is 3.28. The number of hydrogen-bond acceptors (Lipinski definition) is 5. The molecule has 2 fully saturated rings. The molecule has 0 aliphatic carbocycles. The van der Waals surface area contributed by atoms with E-state index < -0.39 is 17.3 Å². The molecule has 4 rings (SSSR count). The monoisotopic (exact) mass is 356 g/mol. The number of aromatic nitrogens is 3. The van der Waals surface area contributed by atoms with Crippen LogP contribution >= 0.6 is 0 Å². The summed E-state index contributed by atoms with van der Waals surface area (Å²) in [6, 6.07) is 9.29. The van der Waals surface area contributed by atoms with Gasteiger partial charge in [-0.25, -0.2) is 4.68 Å². The summed E-state index contributed by atoms with van der Waals surface area (Å²) in [4.78, 5) is 26.5. The molecular weight excluding hydrogens is 336 g/mol. The van der Waals surface area contributed by atoms with Crippen molar-refractivity contribution >= 4 is 11.9 Å². The lowest BCUT2D eigenvalue weighted by atomic mass is 9.72. The van der Waals surface area contributed by atoms with Gasteiger partial charge in [-0.1, -0.05) is 23.4 Å². The maximum absolute atomic E-state index is 13.1. The van der Waals surface area contributed by atoms with Crippen molar-refractivity contribution in [3.63, 3.8) is 0 Å². The Bertz CT molecular complexity index is 814. The summed E-state index contributed by atoms with van der Waals surface area (Å²) in [6.07, 6.45) is 2.74. The van der Waals surface area contributed by atoms with E-state index in [1.165, 1.54) is 10.9 Å². The molecule has 2 saturated heterocycles. The molecule has 0 bridgehead atoms. The number of para-hydroxylation sites is 1. The summed E-state index contributed by atoms with van der Waals surface area (Å²) in [5, 5.41) is 17.6. The van der Waals surface area contributed by atoms with Crippen LogP contribution < -0.4 is 0 Å². The molecule has 1 atom stereocenters. The standard InChI is InChI=1S/C18H20N4O4/c23-16(15-10-19-20-22(15)13-4-2-1-3-5-13)21-11-14(17(24)25)18(12-21)6-8-26-9-7-18/h1-5,10,14H,6-9,11-12H2,(H,24,25). The Hall–Kier alpha value is -2.74. The largest absolute Gasteiger partial charge is 0.481 e. The molecule has 1 amide bonds. The van der Waals surface area contributed by atoms with E-state index in [1.807, 2.05) is 30.3 Å². The van der Waals surface area contributed by atoms with Gasteiger partial charge >= 0.3 is 5.97 Å². The Morgan fingerprint density at radius 3 is 2.62 bits per heavy atom. The first-order valence-corrected chi connectivity index (χ1v) is 8.67. The number of carboxylic acid groups (broad SMARTS) is 1. The molecule has 1 spiro atoms. The van der Waals surface area contributed by atoms with E-state index in [-0.39, 0.29) is 12.5 Å². The van der Waals surface area contributed by atoms with Crippen LogP contribution in [0.1, 0.15) is 23.3 Å². The zero-order valence-electron chi connectivity index (χ0n) is 14.2. The van der Waals surface area contributed by atoms with Crippen LogP contribution in [0.25, 0.3) is 5.69 Å². The van der Waals surface area contributed by atoms with Gasteiger partial charge in [0, 0.05) is 31.7 Å². The van der Waals surface area contributed by atoms with Crippen LogP contribution in [-0.2, 0) is 9.53 Å². The molecule has 8 nitrogen and oxygen atoms in total. The molecule has 2 aliphatic rings. The smallest absolute Gasteiger partial charge is 0.308 e. The van der Waals surface area contributed by atoms with Gasteiger partial charge in [-0.15, -0.1) is 5.10 Å². The van der Waals surface area contributed by atoms with Gasteiger partial charge in [-0.2, -0.15) is 0 Å². The molecule has 3 heterocycles. The summed E-state index contributed by atoms with van der Waals surface area (Å²) in [7, 11) is 0. The molecule has 1 aromatic heterocycles. The van der Waals surface area contributed by atoms with Gasteiger partial charge in [0.1, 0.15) is 0 Å². The molecule has 2 aromatic rings. The highest BCUT2D eigenvalue weighted by Gasteiger charge is 2.52. The van der Waals surface area contributed by atoms with Crippen LogP contribution in [0.2, 0.25) is 0 Å². The number of likely N-dealkylation sites (tertiary alicyclic amines) is 1. The van der Waals surface area contributed by atoms with Crippen LogP contribution in [0.15, 0.2) is 36.5 Å². The number of amides is 1. The van der Waals surface area contributed by atoms with Crippen molar-refractivity contribution in [2.75, 3.05) is 26.3 Å². The maximum atomic E-state index is 13.1. The molecule has 1 unspecified atom stereocenters. The fourth-order valence-corrected chi connectivity index (χ4v) is 4.05. The van der Waals surface area contributed by atoms with Crippen LogP contribution in [0.4, 0.5) is 0 Å². The van der Waals surface area contributed by atoms with Crippen molar-refractivity contribution < 1.29 is 19.4 Å². The minimum atomic E-state index is -0.850. The van der Waals surface area contributed by atoms with E-state index in [4.69, 9.17) is 4.74 Å². The van der Waals surface area contributed by atoms with Crippen molar-refractivity contribution in [3.8, 4) is 5.69 Å². The van der Waals surface area contributed by atoms with E-state index in [9.17, 15) is 14.7 Å². The highest BCUT2D eigenvalue weighted by atomic mass is 16.5. The lowest BCUT2D eigenvalue weighted by Gasteiger charge is -2.36. The number of aliphatic carboxylic acids is 1. The predicted octanol–water partition coefficient (Wildman–Crippen LogP) is 1.22. The quantitative estimate of drug-likeness (QED) is 0.888. The number of hydrogen-bond donors (Lipinski definition) is 1. The summed E-state index contributed by atoms with van der Waals surface area (Å²) >= 11 is 0. The molecule has 1 N–H and O–H groups in total. The predicted molar refractivity (Wildman–Crippen MR) is 90.9 cm³/mol. The number of nitrogens with zero attached hydrogens (tertiary/aromatic N) is 4. The van der Waals surface area contributed by atoms with Crippen molar-refractivity contribution in [3.05, 3.63) is 42.2 Å². The molecule has 0 radical (unpaired) electrons. The number of benzene rings is 1. The highest BCUT2D eigenvalue weighted by Crippen LogP contribution is 2.44. The van der Waals surface area contributed by atoms with Crippen LogP contribution in [0, 0.1) is 11.3 Å². The van der Waals surface area contributed by atoms with E-state index in [0.29, 0.717) is 38.3 Å². The molecule has 0 saturated carbocycles. The van der Waals surface area contributed by atoms with Crippen molar-refractivity contribution in [2.24, 2.45) is 11.3 Å². The first-order valence-electron chi connectivity index (χ1n) is 8.67. The number of ether oxygens (including phenoxy) is 1. The minimum absolute atomic E-state index is 0.203. The van der Waals surface area contributed by atoms with E-state index >= 15 is 0 Å². The Morgan fingerprint density at radius 2 is 1.92 bits per heavy atom. The number of carbonyl (C=O) groups excluding carboxylic acids is 1. The number of carboxylic acids is 1. The van der Waals surface area contributed by atoms with E-state index in [2.05, 4.69) is 10.3 Å². The second-order valence-corrected chi connectivity index (χ2v) is 6.92. The Morgan fingerprint density at radius 1 is 1.19 bits per heavy atom. The molecule has 1 aromatic carbocycles. The Balaban J connectivity index is 1.62. The van der Waals surface area contributed by atoms with Crippen molar-refractivity contribution in [2.45, 2.75) is 12.8 Å². The first kappa shape index (κ1) is 16.7. The number of rotatable bonds is 3. The van der Waals surface area contributed by atoms with Gasteiger partial charge in [0.15, 0.2) is 5.69 Å². The Kier molecular flexibility index (Phi) is 4.20. The molecular formula is C18H20N4O4. The second kappa shape index (κ2) is 6.53. The summed E-state index contributed by atoms with van der Waals surface area (Å²) in [5.41, 5.74) is 0.665. The van der Waals surface area contributed by atoms with Gasteiger partial charge in [0.2, 0.25) is 0 Å². The molecule has 26 heavy (non-hydrogen) atoms. The van der Waals surface area contributed by atoms with Gasteiger partial charge in [0.25, 0.3) is 5.91 Å². The molecule has 2 aliphatic heterocycles. The highest BCUT2D eigenvalue weighted by molar-refractivity contribution is 5.93. The summed E-state index contributed by atoms with van der Waals surface area (Å²) in [6.45, 7) is 1.70.